The van der Waals surface area contributed by atoms with E-state index in [2.05, 4.69) is 10.6 Å². The van der Waals surface area contributed by atoms with E-state index in [0.29, 0.717) is 22.2 Å². The molecule has 0 aliphatic carbocycles. The van der Waals surface area contributed by atoms with Crippen LogP contribution in [0.5, 0.6) is 0 Å². The predicted molar refractivity (Wildman–Crippen MR) is 109 cm³/mol. The highest BCUT2D eigenvalue weighted by Crippen LogP contribution is 2.17. The van der Waals surface area contributed by atoms with Crippen LogP contribution in [0.1, 0.15) is 16.1 Å². The van der Waals surface area contributed by atoms with Crippen LogP contribution in [-0.2, 0) is 10.5 Å². The van der Waals surface area contributed by atoms with Crippen LogP contribution in [0.3, 0.4) is 0 Å². The van der Waals surface area contributed by atoms with Gasteiger partial charge in [-0.15, -0.1) is 11.8 Å². The highest BCUT2D eigenvalue weighted by molar-refractivity contribution is 7.99. The second-order valence-electron chi connectivity index (χ2n) is 5.68. The lowest BCUT2D eigenvalue weighted by atomic mass is 10.2. The SMILES string of the molecule is O=C(CSCc1ccc(Cl)cc1)Nc1ccc(NC(=O)c2ccco2)cc1. The smallest absolute Gasteiger partial charge is 0.291 e. The van der Waals surface area contributed by atoms with Crippen LogP contribution in [0, 0.1) is 0 Å². The molecule has 0 saturated carbocycles. The number of anilines is 2. The van der Waals surface area contributed by atoms with Crippen molar-refractivity contribution in [2.75, 3.05) is 16.4 Å². The number of halogens is 1. The van der Waals surface area contributed by atoms with Crippen LogP contribution >= 0.6 is 23.4 Å². The molecule has 0 atom stereocenters. The third kappa shape index (κ3) is 5.91. The lowest BCUT2D eigenvalue weighted by Gasteiger charge is -2.07. The van der Waals surface area contributed by atoms with Crippen LogP contribution in [0.2, 0.25) is 5.02 Å². The summed E-state index contributed by atoms with van der Waals surface area (Å²) in [5.74, 6) is 0.920. The molecule has 0 unspecified atom stereocenters. The van der Waals surface area contributed by atoms with Crippen molar-refractivity contribution in [3.63, 3.8) is 0 Å². The Morgan fingerprint density at radius 1 is 0.926 bits per heavy atom. The van der Waals surface area contributed by atoms with Crippen molar-refractivity contribution in [2.24, 2.45) is 0 Å². The van der Waals surface area contributed by atoms with E-state index >= 15 is 0 Å². The molecule has 3 rings (SSSR count). The maximum atomic E-state index is 12.0. The zero-order valence-corrected chi connectivity index (χ0v) is 15.8. The number of hydrogen-bond acceptors (Lipinski definition) is 4. The van der Waals surface area contributed by atoms with E-state index in [0.717, 1.165) is 11.3 Å². The third-order valence-corrected chi connectivity index (χ3v) is 4.84. The minimum absolute atomic E-state index is 0.0821. The van der Waals surface area contributed by atoms with Gasteiger partial charge in [0.1, 0.15) is 0 Å². The summed E-state index contributed by atoms with van der Waals surface area (Å²) >= 11 is 7.38. The second kappa shape index (κ2) is 9.30. The van der Waals surface area contributed by atoms with E-state index in [1.165, 1.54) is 18.0 Å². The largest absolute Gasteiger partial charge is 0.459 e. The van der Waals surface area contributed by atoms with Crippen LogP contribution in [-0.4, -0.2) is 17.6 Å². The van der Waals surface area contributed by atoms with Crippen molar-refractivity contribution in [1.29, 1.82) is 0 Å². The average molecular weight is 401 g/mol. The second-order valence-corrected chi connectivity index (χ2v) is 7.10. The van der Waals surface area contributed by atoms with Crippen LogP contribution in [0.15, 0.2) is 71.3 Å². The molecule has 0 saturated heterocycles. The molecule has 1 aromatic heterocycles. The molecule has 2 aromatic carbocycles. The lowest BCUT2D eigenvalue weighted by Crippen LogP contribution is -2.14. The molecule has 138 valence electrons. The monoisotopic (exact) mass is 400 g/mol. The maximum absolute atomic E-state index is 12.0. The summed E-state index contributed by atoms with van der Waals surface area (Å²) < 4.78 is 5.04. The van der Waals surface area contributed by atoms with Gasteiger partial charge in [-0.2, -0.15) is 0 Å². The van der Waals surface area contributed by atoms with Gasteiger partial charge in [-0.25, -0.2) is 0 Å². The van der Waals surface area contributed by atoms with Crippen LogP contribution in [0.4, 0.5) is 11.4 Å². The van der Waals surface area contributed by atoms with Crippen molar-refractivity contribution >= 4 is 46.6 Å². The predicted octanol–water partition coefficient (Wildman–Crippen LogP) is 5.06. The molecule has 2 N–H and O–H groups in total. The van der Waals surface area contributed by atoms with Crippen LogP contribution in [0.25, 0.3) is 0 Å². The molecule has 1 heterocycles. The summed E-state index contributed by atoms with van der Waals surface area (Å²) in [6, 6.07) is 17.7. The number of hydrogen-bond donors (Lipinski definition) is 2. The molecular formula is C20H17ClN2O3S. The van der Waals surface area contributed by atoms with Gasteiger partial charge in [-0.3, -0.25) is 9.59 Å². The summed E-state index contributed by atoms with van der Waals surface area (Å²) in [4.78, 5) is 23.9. The van der Waals surface area contributed by atoms with Gasteiger partial charge < -0.3 is 15.1 Å². The van der Waals surface area contributed by atoms with Crippen molar-refractivity contribution in [2.45, 2.75) is 5.75 Å². The summed E-state index contributed by atoms with van der Waals surface area (Å²) in [6.45, 7) is 0. The molecule has 7 heteroatoms. The van der Waals surface area contributed by atoms with E-state index < -0.39 is 0 Å². The van der Waals surface area contributed by atoms with Crippen molar-refractivity contribution in [3.05, 3.63) is 83.3 Å². The molecule has 0 spiro atoms. The maximum Gasteiger partial charge on any atom is 0.291 e. The molecule has 0 bridgehead atoms. The van der Waals surface area contributed by atoms with E-state index in [-0.39, 0.29) is 17.6 Å². The molecule has 2 amide bonds. The Morgan fingerprint density at radius 2 is 1.59 bits per heavy atom. The summed E-state index contributed by atoms with van der Waals surface area (Å²) in [7, 11) is 0. The van der Waals surface area contributed by atoms with Crippen molar-refractivity contribution in [1.82, 2.24) is 0 Å². The molecule has 0 fully saturated rings. The standard InChI is InChI=1S/C20H17ClN2O3S/c21-15-5-3-14(4-6-15)12-27-13-19(24)22-16-7-9-17(10-8-16)23-20(25)18-2-1-11-26-18/h1-11H,12-13H2,(H,22,24)(H,23,25). The van der Waals surface area contributed by atoms with Gasteiger partial charge in [-0.1, -0.05) is 23.7 Å². The highest BCUT2D eigenvalue weighted by Gasteiger charge is 2.09. The first-order valence-electron chi connectivity index (χ1n) is 8.17. The molecule has 0 radical (unpaired) electrons. The zero-order chi connectivity index (χ0) is 19.1. The van der Waals surface area contributed by atoms with Gasteiger partial charge in [0.15, 0.2) is 5.76 Å². The van der Waals surface area contributed by atoms with Gasteiger partial charge in [0.05, 0.1) is 12.0 Å². The average Bonchev–Trinajstić information content (AvgIpc) is 3.20. The van der Waals surface area contributed by atoms with E-state index in [1.54, 1.807) is 36.4 Å². The number of nitrogens with one attached hydrogen (secondary N) is 2. The number of carbonyl (C=O) groups excluding carboxylic acids is 2. The zero-order valence-electron chi connectivity index (χ0n) is 14.3. The quantitative estimate of drug-likeness (QED) is 0.581. The Balaban J connectivity index is 1.44. The minimum Gasteiger partial charge on any atom is -0.459 e. The first kappa shape index (κ1) is 19.1. The Morgan fingerprint density at radius 3 is 2.22 bits per heavy atom. The fourth-order valence-electron chi connectivity index (χ4n) is 2.28. The van der Waals surface area contributed by atoms with Gasteiger partial charge in [0.2, 0.25) is 5.91 Å². The Bertz CT molecular complexity index is 894. The summed E-state index contributed by atoms with van der Waals surface area (Å²) in [5, 5.41) is 6.25. The number of rotatable bonds is 7. The van der Waals surface area contributed by atoms with E-state index in [9.17, 15) is 9.59 Å². The fraction of sp³-hybridized carbons (Fsp3) is 0.100. The molecular weight excluding hydrogens is 384 g/mol. The van der Waals surface area contributed by atoms with Gasteiger partial charge in [0, 0.05) is 22.2 Å². The first-order chi connectivity index (χ1) is 13.1. The molecule has 3 aromatic rings. The third-order valence-electron chi connectivity index (χ3n) is 3.59. The minimum atomic E-state index is -0.324. The normalized spacial score (nSPS) is 10.4. The summed E-state index contributed by atoms with van der Waals surface area (Å²) in [6.07, 6.45) is 1.44. The number of furan rings is 1. The molecule has 0 aliphatic rings. The first-order valence-corrected chi connectivity index (χ1v) is 9.70. The van der Waals surface area contributed by atoms with E-state index in [1.807, 2.05) is 24.3 Å². The van der Waals surface area contributed by atoms with E-state index in [4.69, 9.17) is 16.0 Å². The molecule has 27 heavy (non-hydrogen) atoms. The summed E-state index contributed by atoms with van der Waals surface area (Å²) in [5.41, 5.74) is 2.41. The van der Waals surface area contributed by atoms with Gasteiger partial charge >= 0.3 is 0 Å². The van der Waals surface area contributed by atoms with Crippen molar-refractivity contribution < 1.29 is 14.0 Å². The van der Waals surface area contributed by atoms with Gasteiger partial charge in [-0.05, 0) is 54.1 Å². The number of benzene rings is 2. The Labute approximate surface area is 166 Å². The molecule has 0 aliphatic heterocycles. The number of thioether (sulfide) groups is 1. The van der Waals surface area contributed by atoms with Crippen molar-refractivity contribution in [3.8, 4) is 0 Å². The van der Waals surface area contributed by atoms with Crippen LogP contribution < -0.4 is 10.6 Å². The Kier molecular flexibility index (Phi) is 6.57. The fourth-order valence-corrected chi connectivity index (χ4v) is 3.19. The number of carbonyl (C=O) groups is 2. The Hall–Kier alpha value is -2.70. The van der Waals surface area contributed by atoms with Gasteiger partial charge in [0.25, 0.3) is 5.91 Å². The molecule has 5 nitrogen and oxygen atoms in total. The highest BCUT2D eigenvalue weighted by atomic mass is 35.5. The topological polar surface area (TPSA) is 71.3 Å². The number of amides is 2. The lowest BCUT2D eigenvalue weighted by molar-refractivity contribution is -0.113.